The molecule has 1 unspecified atom stereocenters. The van der Waals surface area contributed by atoms with Gasteiger partial charge in [-0.2, -0.15) is 0 Å². The number of halogens is 1. The molecular weight excluding hydrogens is 412 g/mol. The maximum atomic E-state index is 13.2. The predicted octanol–water partition coefficient (Wildman–Crippen LogP) is 4.81. The molecule has 0 saturated heterocycles. The van der Waals surface area contributed by atoms with Gasteiger partial charge in [-0.3, -0.25) is 9.59 Å². The minimum atomic E-state index is -0.633. The Labute approximate surface area is 189 Å². The molecule has 0 spiro atoms. The van der Waals surface area contributed by atoms with E-state index in [4.69, 9.17) is 16.3 Å². The van der Waals surface area contributed by atoms with Crippen molar-refractivity contribution in [2.45, 2.75) is 65.1 Å². The zero-order chi connectivity index (χ0) is 22.4. The van der Waals surface area contributed by atoms with Crippen LogP contribution in [-0.4, -0.2) is 35.4 Å². The number of amides is 2. The fourth-order valence-corrected chi connectivity index (χ4v) is 4.07. The van der Waals surface area contributed by atoms with Gasteiger partial charge < -0.3 is 15.0 Å². The predicted molar refractivity (Wildman–Crippen MR) is 123 cm³/mol. The van der Waals surface area contributed by atoms with Gasteiger partial charge in [-0.25, -0.2) is 0 Å². The fourth-order valence-electron chi connectivity index (χ4n) is 3.87. The van der Waals surface area contributed by atoms with Gasteiger partial charge in [0, 0.05) is 17.6 Å². The summed E-state index contributed by atoms with van der Waals surface area (Å²) in [5.41, 5.74) is 2.82. The summed E-state index contributed by atoms with van der Waals surface area (Å²) < 4.78 is 5.84. The lowest BCUT2D eigenvalue weighted by Gasteiger charge is -2.30. The topological polar surface area (TPSA) is 58.6 Å². The standard InChI is InChI=1S/C25H31ClN2O3/c1-17-12-13-18(2)23(14-17)31-16-24(29)28(15-20-8-4-7-11-22(20)26)19(3)25(30)27-21-9-5-6-10-21/h4,7-8,11-14,19,21H,5-6,9-10,15-16H2,1-3H3,(H,27,30). The van der Waals surface area contributed by atoms with Gasteiger partial charge in [-0.05, 0) is 62.4 Å². The summed E-state index contributed by atoms with van der Waals surface area (Å²) in [4.78, 5) is 27.7. The molecule has 2 aromatic rings. The van der Waals surface area contributed by atoms with Gasteiger partial charge in [0.15, 0.2) is 6.61 Å². The number of benzene rings is 2. The molecule has 0 aromatic heterocycles. The molecule has 1 atom stereocenters. The third-order valence-corrected chi connectivity index (χ3v) is 6.23. The van der Waals surface area contributed by atoms with E-state index in [-0.39, 0.29) is 31.0 Å². The second-order valence-electron chi connectivity index (χ2n) is 8.34. The van der Waals surface area contributed by atoms with Gasteiger partial charge in [0.2, 0.25) is 5.91 Å². The molecule has 0 aliphatic heterocycles. The zero-order valence-electron chi connectivity index (χ0n) is 18.5. The number of carbonyl (C=O) groups is 2. The molecule has 0 bridgehead atoms. The SMILES string of the molecule is Cc1ccc(C)c(OCC(=O)N(Cc2ccccc2Cl)C(C)C(=O)NC2CCCC2)c1. The van der Waals surface area contributed by atoms with Crippen LogP contribution >= 0.6 is 11.6 Å². The molecule has 166 valence electrons. The number of carbonyl (C=O) groups excluding carboxylic acids is 2. The third-order valence-electron chi connectivity index (χ3n) is 5.86. The van der Waals surface area contributed by atoms with Crippen LogP contribution in [-0.2, 0) is 16.1 Å². The Hall–Kier alpha value is -2.53. The quantitative estimate of drug-likeness (QED) is 0.638. The van der Waals surface area contributed by atoms with Gasteiger partial charge in [0.05, 0.1) is 0 Å². The number of hydrogen-bond acceptors (Lipinski definition) is 3. The third kappa shape index (κ3) is 6.23. The van der Waals surface area contributed by atoms with E-state index in [1.54, 1.807) is 17.9 Å². The lowest BCUT2D eigenvalue weighted by molar-refractivity contribution is -0.142. The number of aryl methyl sites for hydroxylation is 2. The Bertz CT molecular complexity index is 925. The van der Waals surface area contributed by atoms with E-state index in [1.807, 2.05) is 50.2 Å². The smallest absolute Gasteiger partial charge is 0.261 e. The van der Waals surface area contributed by atoms with Gasteiger partial charge in [0.25, 0.3) is 5.91 Å². The van der Waals surface area contributed by atoms with Crippen molar-refractivity contribution in [3.05, 3.63) is 64.2 Å². The van der Waals surface area contributed by atoms with Crippen molar-refractivity contribution in [3.63, 3.8) is 0 Å². The number of nitrogens with zero attached hydrogens (tertiary/aromatic N) is 1. The maximum Gasteiger partial charge on any atom is 0.261 e. The second-order valence-corrected chi connectivity index (χ2v) is 8.74. The van der Waals surface area contributed by atoms with Crippen LogP contribution < -0.4 is 10.1 Å². The van der Waals surface area contributed by atoms with Gasteiger partial charge in [-0.15, -0.1) is 0 Å². The van der Waals surface area contributed by atoms with E-state index < -0.39 is 6.04 Å². The minimum Gasteiger partial charge on any atom is -0.483 e. The molecule has 1 aliphatic rings. The Morgan fingerprint density at radius 3 is 2.58 bits per heavy atom. The average Bonchev–Trinajstić information content (AvgIpc) is 3.26. The molecule has 3 rings (SSSR count). The van der Waals surface area contributed by atoms with E-state index in [0.29, 0.717) is 10.8 Å². The van der Waals surface area contributed by atoms with Crippen molar-refractivity contribution in [2.75, 3.05) is 6.61 Å². The summed E-state index contributed by atoms with van der Waals surface area (Å²) in [6.07, 6.45) is 4.25. The van der Waals surface area contributed by atoms with E-state index in [0.717, 1.165) is 42.4 Å². The van der Waals surface area contributed by atoms with Crippen LogP contribution in [0.25, 0.3) is 0 Å². The van der Waals surface area contributed by atoms with Crippen LogP contribution in [0.4, 0.5) is 0 Å². The van der Waals surface area contributed by atoms with Crippen molar-refractivity contribution in [2.24, 2.45) is 0 Å². The molecule has 1 fully saturated rings. The van der Waals surface area contributed by atoms with Crippen LogP contribution in [0.3, 0.4) is 0 Å². The van der Waals surface area contributed by atoms with Crippen LogP contribution in [0.5, 0.6) is 5.75 Å². The van der Waals surface area contributed by atoms with Gasteiger partial charge >= 0.3 is 0 Å². The molecule has 31 heavy (non-hydrogen) atoms. The summed E-state index contributed by atoms with van der Waals surface area (Å²) >= 11 is 6.34. The number of ether oxygens (including phenoxy) is 1. The van der Waals surface area contributed by atoms with Crippen molar-refractivity contribution < 1.29 is 14.3 Å². The first-order valence-electron chi connectivity index (χ1n) is 10.9. The van der Waals surface area contributed by atoms with Crippen molar-refractivity contribution in [1.82, 2.24) is 10.2 Å². The lowest BCUT2D eigenvalue weighted by Crippen LogP contribution is -2.50. The highest BCUT2D eigenvalue weighted by molar-refractivity contribution is 6.31. The molecule has 1 N–H and O–H groups in total. The minimum absolute atomic E-state index is 0.140. The van der Waals surface area contributed by atoms with E-state index in [1.165, 1.54) is 0 Å². The van der Waals surface area contributed by atoms with Crippen molar-refractivity contribution in [3.8, 4) is 5.75 Å². The maximum absolute atomic E-state index is 13.2. The van der Waals surface area contributed by atoms with E-state index in [2.05, 4.69) is 5.32 Å². The Morgan fingerprint density at radius 2 is 1.87 bits per heavy atom. The summed E-state index contributed by atoms with van der Waals surface area (Å²) in [5.74, 6) is 0.281. The first-order chi connectivity index (χ1) is 14.8. The Kier molecular flexibility index (Phi) is 7.97. The number of nitrogens with one attached hydrogen (secondary N) is 1. The highest BCUT2D eigenvalue weighted by atomic mass is 35.5. The monoisotopic (exact) mass is 442 g/mol. The van der Waals surface area contributed by atoms with Crippen LogP contribution in [0.2, 0.25) is 5.02 Å². The number of hydrogen-bond donors (Lipinski definition) is 1. The van der Waals surface area contributed by atoms with Crippen LogP contribution in [0, 0.1) is 13.8 Å². The van der Waals surface area contributed by atoms with Crippen LogP contribution in [0.1, 0.15) is 49.3 Å². The molecular formula is C25H31ClN2O3. The second kappa shape index (κ2) is 10.7. The summed E-state index contributed by atoms with van der Waals surface area (Å²) in [5, 5.41) is 3.67. The molecule has 0 radical (unpaired) electrons. The summed E-state index contributed by atoms with van der Waals surface area (Å²) in [6, 6.07) is 12.8. The highest BCUT2D eigenvalue weighted by Crippen LogP contribution is 2.22. The summed E-state index contributed by atoms with van der Waals surface area (Å²) in [7, 11) is 0. The van der Waals surface area contributed by atoms with Gasteiger partial charge in [-0.1, -0.05) is 54.8 Å². The molecule has 1 saturated carbocycles. The molecule has 1 aliphatic carbocycles. The zero-order valence-corrected chi connectivity index (χ0v) is 19.2. The molecule has 6 heteroatoms. The van der Waals surface area contributed by atoms with Gasteiger partial charge in [0.1, 0.15) is 11.8 Å². The first kappa shape index (κ1) is 23.1. The molecule has 2 amide bonds. The van der Waals surface area contributed by atoms with E-state index in [9.17, 15) is 9.59 Å². The first-order valence-corrected chi connectivity index (χ1v) is 11.3. The lowest BCUT2D eigenvalue weighted by atomic mass is 10.1. The summed E-state index contributed by atoms with van der Waals surface area (Å²) in [6.45, 7) is 5.78. The van der Waals surface area contributed by atoms with Crippen molar-refractivity contribution >= 4 is 23.4 Å². The largest absolute Gasteiger partial charge is 0.483 e. The fraction of sp³-hybridized carbons (Fsp3) is 0.440. The number of rotatable bonds is 8. The van der Waals surface area contributed by atoms with Crippen molar-refractivity contribution in [1.29, 1.82) is 0 Å². The Balaban J connectivity index is 1.75. The molecule has 2 aromatic carbocycles. The Morgan fingerprint density at radius 1 is 1.16 bits per heavy atom. The van der Waals surface area contributed by atoms with Crippen LogP contribution in [0.15, 0.2) is 42.5 Å². The average molecular weight is 443 g/mol. The molecule has 0 heterocycles. The highest BCUT2D eigenvalue weighted by Gasteiger charge is 2.29. The normalized spacial score (nSPS) is 14.8. The van der Waals surface area contributed by atoms with E-state index >= 15 is 0 Å². The molecule has 5 nitrogen and oxygen atoms in total.